The van der Waals surface area contributed by atoms with Crippen LogP contribution in [0.4, 0.5) is 5.82 Å². The van der Waals surface area contributed by atoms with Crippen molar-refractivity contribution in [2.75, 3.05) is 5.32 Å². The summed E-state index contributed by atoms with van der Waals surface area (Å²) in [6.07, 6.45) is 1.31. The Morgan fingerprint density at radius 1 is 1.38 bits per heavy atom. The fraction of sp³-hybridized carbons (Fsp3) is 0.0769. The van der Waals surface area contributed by atoms with Crippen LogP contribution >= 0.6 is 11.6 Å². The summed E-state index contributed by atoms with van der Waals surface area (Å²) in [7, 11) is 1.64. The van der Waals surface area contributed by atoms with Crippen LogP contribution in [0.3, 0.4) is 0 Å². The Morgan fingerprint density at radius 3 is 2.90 bits per heavy atom. The first-order valence-electron chi connectivity index (χ1n) is 5.94. The SMILES string of the molecule is Cn1nc(C(=O)Nc2ccon2)c(=O)c2cc(Cl)ccc21. The number of aromatic nitrogens is 3. The highest BCUT2D eigenvalue weighted by Gasteiger charge is 2.17. The van der Waals surface area contributed by atoms with Gasteiger partial charge in [-0.05, 0) is 18.2 Å². The maximum absolute atomic E-state index is 12.4. The van der Waals surface area contributed by atoms with Gasteiger partial charge in [-0.1, -0.05) is 16.8 Å². The number of nitrogens with zero attached hydrogens (tertiary/aromatic N) is 3. The highest BCUT2D eigenvalue weighted by atomic mass is 35.5. The van der Waals surface area contributed by atoms with Gasteiger partial charge in [0, 0.05) is 18.1 Å². The van der Waals surface area contributed by atoms with Crippen molar-refractivity contribution in [3.63, 3.8) is 0 Å². The molecule has 3 aromatic rings. The molecule has 3 rings (SSSR count). The Kier molecular flexibility index (Phi) is 3.19. The Labute approximate surface area is 123 Å². The van der Waals surface area contributed by atoms with E-state index in [1.807, 2.05) is 0 Å². The largest absolute Gasteiger partial charge is 0.363 e. The van der Waals surface area contributed by atoms with E-state index in [-0.39, 0.29) is 11.5 Å². The van der Waals surface area contributed by atoms with Crippen molar-refractivity contribution in [3.8, 4) is 0 Å². The molecule has 0 saturated heterocycles. The van der Waals surface area contributed by atoms with Crippen LogP contribution in [0.25, 0.3) is 10.9 Å². The van der Waals surface area contributed by atoms with Gasteiger partial charge in [-0.2, -0.15) is 5.10 Å². The third-order valence-corrected chi connectivity index (χ3v) is 3.15. The molecule has 0 saturated carbocycles. The first-order chi connectivity index (χ1) is 10.1. The lowest BCUT2D eigenvalue weighted by molar-refractivity contribution is 0.101. The molecule has 0 spiro atoms. The molecule has 1 amide bonds. The van der Waals surface area contributed by atoms with Crippen molar-refractivity contribution in [2.24, 2.45) is 7.05 Å². The zero-order valence-electron chi connectivity index (χ0n) is 10.8. The molecule has 0 bridgehead atoms. The maximum atomic E-state index is 12.4. The summed E-state index contributed by atoms with van der Waals surface area (Å²) in [5, 5.41) is 10.7. The van der Waals surface area contributed by atoms with Crippen LogP contribution in [0, 0.1) is 0 Å². The lowest BCUT2D eigenvalue weighted by Crippen LogP contribution is -2.26. The van der Waals surface area contributed by atoms with Gasteiger partial charge in [-0.3, -0.25) is 14.3 Å². The van der Waals surface area contributed by atoms with E-state index >= 15 is 0 Å². The molecule has 0 aliphatic rings. The van der Waals surface area contributed by atoms with Gasteiger partial charge in [0.25, 0.3) is 5.91 Å². The van der Waals surface area contributed by atoms with Crippen molar-refractivity contribution in [2.45, 2.75) is 0 Å². The minimum absolute atomic E-state index is 0.204. The lowest BCUT2D eigenvalue weighted by atomic mass is 10.2. The summed E-state index contributed by atoms with van der Waals surface area (Å²) >= 11 is 5.90. The number of nitrogens with one attached hydrogen (secondary N) is 1. The summed E-state index contributed by atoms with van der Waals surface area (Å²) in [6.45, 7) is 0. The number of aryl methyl sites for hydroxylation is 1. The number of anilines is 1. The van der Waals surface area contributed by atoms with E-state index in [2.05, 4.69) is 20.1 Å². The predicted molar refractivity (Wildman–Crippen MR) is 76.5 cm³/mol. The average molecular weight is 305 g/mol. The molecule has 1 N–H and O–H groups in total. The number of benzene rings is 1. The zero-order chi connectivity index (χ0) is 15.0. The van der Waals surface area contributed by atoms with Crippen LogP contribution in [0.2, 0.25) is 5.02 Å². The van der Waals surface area contributed by atoms with Crippen molar-refractivity contribution in [3.05, 3.63) is 51.5 Å². The molecule has 7 nitrogen and oxygen atoms in total. The van der Waals surface area contributed by atoms with Gasteiger partial charge in [0.2, 0.25) is 5.43 Å². The first kappa shape index (κ1) is 13.3. The Morgan fingerprint density at radius 2 is 2.19 bits per heavy atom. The molecule has 0 unspecified atom stereocenters. The van der Waals surface area contributed by atoms with Gasteiger partial charge in [-0.25, -0.2) is 0 Å². The van der Waals surface area contributed by atoms with Crippen molar-refractivity contribution in [1.82, 2.24) is 14.9 Å². The molecular weight excluding hydrogens is 296 g/mol. The summed E-state index contributed by atoms with van der Waals surface area (Å²) < 4.78 is 6.05. The molecule has 0 atom stereocenters. The van der Waals surface area contributed by atoms with E-state index in [0.717, 1.165) is 0 Å². The Hall–Kier alpha value is -2.67. The molecule has 106 valence electrons. The quantitative estimate of drug-likeness (QED) is 0.780. The second kappa shape index (κ2) is 5.02. The van der Waals surface area contributed by atoms with Gasteiger partial charge in [0.1, 0.15) is 6.26 Å². The van der Waals surface area contributed by atoms with Crippen LogP contribution in [0.1, 0.15) is 10.5 Å². The summed E-state index contributed by atoms with van der Waals surface area (Å²) in [5.74, 6) is -0.457. The van der Waals surface area contributed by atoms with Crippen LogP contribution in [0.5, 0.6) is 0 Å². The van der Waals surface area contributed by atoms with Gasteiger partial charge in [0.05, 0.1) is 10.9 Å². The molecule has 21 heavy (non-hydrogen) atoms. The molecule has 0 aliphatic carbocycles. The van der Waals surface area contributed by atoms with Gasteiger partial charge >= 0.3 is 0 Å². The minimum atomic E-state index is -0.661. The molecule has 8 heteroatoms. The fourth-order valence-corrected chi connectivity index (χ4v) is 2.12. The fourth-order valence-electron chi connectivity index (χ4n) is 1.95. The monoisotopic (exact) mass is 304 g/mol. The standard InChI is InChI=1S/C13H9ClN4O3/c1-18-9-3-2-7(14)6-8(9)12(19)11(16-18)13(20)15-10-4-5-21-17-10/h2-6H,1H3,(H,15,17,20). The zero-order valence-corrected chi connectivity index (χ0v) is 11.6. The molecular formula is C13H9ClN4O3. The van der Waals surface area contributed by atoms with Gasteiger partial charge in [0.15, 0.2) is 11.5 Å². The third-order valence-electron chi connectivity index (χ3n) is 2.91. The molecule has 1 aromatic carbocycles. The van der Waals surface area contributed by atoms with Gasteiger partial charge < -0.3 is 9.84 Å². The number of halogens is 1. The van der Waals surface area contributed by atoms with Gasteiger partial charge in [-0.15, -0.1) is 0 Å². The topological polar surface area (TPSA) is 90.0 Å². The van der Waals surface area contributed by atoms with E-state index < -0.39 is 11.3 Å². The predicted octanol–water partition coefficient (Wildman–Crippen LogP) is 1.83. The minimum Gasteiger partial charge on any atom is -0.363 e. The average Bonchev–Trinajstić information content (AvgIpc) is 2.95. The number of carbonyl (C=O) groups excluding carboxylic acids is 1. The number of rotatable bonds is 2. The second-order valence-electron chi connectivity index (χ2n) is 4.30. The molecule has 0 aliphatic heterocycles. The first-order valence-corrected chi connectivity index (χ1v) is 6.32. The molecule has 0 radical (unpaired) electrons. The molecule has 0 fully saturated rings. The number of carbonyl (C=O) groups is 1. The normalized spacial score (nSPS) is 10.8. The summed E-state index contributed by atoms with van der Waals surface area (Å²) in [6, 6.07) is 6.29. The summed E-state index contributed by atoms with van der Waals surface area (Å²) in [4.78, 5) is 24.5. The maximum Gasteiger partial charge on any atom is 0.281 e. The number of hydrogen-bond donors (Lipinski definition) is 1. The van der Waals surface area contributed by atoms with E-state index in [1.165, 1.54) is 23.1 Å². The Bertz CT molecular complexity index is 886. The van der Waals surface area contributed by atoms with Crippen LogP contribution in [0.15, 0.2) is 39.8 Å². The number of fused-ring (bicyclic) bond motifs is 1. The van der Waals surface area contributed by atoms with Crippen molar-refractivity contribution < 1.29 is 9.32 Å². The van der Waals surface area contributed by atoms with Crippen molar-refractivity contribution >= 4 is 34.2 Å². The van der Waals surface area contributed by atoms with Crippen molar-refractivity contribution in [1.29, 1.82) is 0 Å². The van der Waals surface area contributed by atoms with Crippen LogP contribution in [-0.2, 0) is 7.05 Å². The highest BCUT2D eigenvalue weighted by molar-refractivity contribution is 6.31. The smallest absolute Gasteiger partial charge is 0.281 e. The van der Waals surface area contributed by atoms with Crippen LogP contribution < -0.4 is 10.7 Å². The van der Waals surface area contributed by atoms with E-state index in [4.69, 9.17) is 11.6 Å². The van der Waals surface area contributed by atoms with E-state index in [9.17, 15) is 9.59 Å². The third kappa shape index (κ3) is 2.38. The second-order valence-corrected chi connectivity index (χ2v) is 4.74. The molecule has 2 aromatic heterocycles. The Balaban J connectivity index is 2.13. The molecule has 2 heterocycles. The van der Waals surface area contributed by atoms with E-state index in [1.54, 1.807) is 19.2 Å². The summed E-state index contributed by atoms with van der Waals surface area (Å²) in [5.41, 5.74) is -0.149. The number of hydrogen-bond acceptors (Lipinski definition) is 5. The van der Waals surface area contributed by atoms with E-state index in [0.29, 0.717) is 15.9 Å². The highest BCUT2D eigenvalue weighted by Crippen LogP contribution is 2.16. The lowest BCUT2D eigenvalue weighted by Gasteiger charge is -2.07. The van der Waals surface area contributed by atoms with Crippen LogP contribution in [-0.4, -0.2) is 20.8 Å². The number of amides is 1.